The second-order valence-corrected chi connectivity index (χ2v) is 6.53. The number of para-hydroxylation sites is 1. The van der Waals surface area contributed by atoms with Gasteiger partial charge >= 0.3 is 0 Å². The Morgan fingerprint density at radius 1 is 1.08 bits per heavy atom. The smallest absolute Gasteiger partial charge is 0.278 e. The lowest BCUT2D eigenvalue weighted by atomic mass is 10.1. The minimum absolute atomic E-state index is 0.0334. The van der Waals surface area contributed by atoms with Crippen molar-refractivity contribution in [2.45, 2.75) is 12.8 Å². The molecule has 0 fully saturated rings. The van der Waals surface area contributed by atoms with Crippen molar-refractivity contribution in [3.05, 3.63) is 70.5 Å². The first-order valence-corrected chi connectivity index (χ1v) is 8.43. The summed E-state index contributed by atoms with van der Waals surface area (Å²) in [6.07, 6.45) is -0.336. The Labute approximate surface area is 146 Å². The van der Waals surface area contributed by atoms with Crippen molar-refractivity contribution in [3.8, 4) is 5.75 Å². The van der Waals surface area contributed by atoms with E-state index in [9.17, 15) is 4.79 Å². The largest absolute Gasteiger partial charge is 0.463 e. The highest BCUT2D eigenvalue weighted by Gasteiger charge is 2.29. The number of nitrogens with one attached hydrogen (secondary N) is 1. The van der Waals surface area contributed by atoms with Crippen LogP contribution in [0.2, 0.25) is 0 Å². The number of anilines is 1. The van der Waals surface area contributed by atoms with Crippen molar-refractivity contribution in [2.75, 3.05) is 26.0 Å². The SMILES string of the molecule is CN(C)CCn1c(=O)c2c(c3ccccc31)OC(c1ccccc1)N2. The van der Waals surface area contributed by atoms with Gasteiger partial charge in [0.15, 0.2) is 12.0 Å². The molecule has 5 heteroatoms. The first-order valence-electron chi connectivity index (χ1n) is 8.43. The fourth-order valence-electron chi connectivity index (χ4n) is 3.21. The van der Waals surface area contributed by atoms with E-state index in [0.29, 0.717) is 18.0 Å². The van der Waals surface area contributed by atoms with Crippen LogP contribution < -0.4 is 15.6 Å². The summed E-state index contributed by atoms with van der Waals surface area (Å²) < 4.78 is 7.96. The number of ether oxygens (including phenoxy) is 1. The molecule has 0 bridgehead atoms. The van der Waals surface area contributed by atoms with Crippen LogP contribution in [0, 0.1) is 0 Å². The maximum Gasteiger partial charge on any atom is 0.278 e. The lowest BCUT2D eigenvalue weighted by molar-refractivity contribution is 0.262. The fourth-order valence-corrected chi connectivity index (χ4v) is 3.21. The number of benzene rings is 2. The predicted molar refractivity (Wildman–Crippen MR) is 100 cm³/mol. The third kappa shape index (κ3) is 2.76. The number of hydrogen-bond donors (Lipinski definition) is 1. The number of pyridine rings is 1. The lowest BCUT2D eigenvalue weighted by Crippen LogP contribution is -2.28. The van der Waals surface area contributed by atoms with Crippen molar-refractivity contribution in [1.82, 2.24) is 9.47 Å². The van der Waals surface area contributed by atoms with Crippen LogP contribution >= 0.6 is 0 Å². The van der Waals surface area contributed by atoms with Crippen molar-refractivity contribution >= 4 is 16.6 Å². The van der Waals surface area contributed by atoms with Gasteiger partial charge in [0.2, 0.25) is 0 Å². The summed E-state index contributed by atoms with van der Waals surface area (Å²) in [5, 5.41) is 4.23. The molecule has 1 unspecified atom stereocenters. The van der Waals surface area contributed by atoms with Crippen LogP contribution in [0.3, 0.4) is 0 Å². The van der Waals surface area contributed by atoms with Crippen LogP contribution in [-0.4, -0.2) is 30.1 Å². The summed E-state index contributed by atoms with van der Waals surface area (Å²) in [4.78, 5) is 15.1. The van der Waals surface area contributed by atoms with Gasteiger partial charge in [-0.3, -0.25) is 4.79 Å². The molecule has 1 atom stereocenters. The van der Waals surface area contributed by atoms with E-state index in [0.717, 1.165) is 23.0 Å². The lowest BCUT2D eigenvalue weighted by Gasteiger charge is -2.15. The topological polar surface area (TPSA) is 46.5 Å². The van der Waals surface area contributed by atoms with Crippen molar-refractivity contribution < 1.29 is 4.74 Å². The van der Waals surface area contributed by atoms with Gasteiger partial charge in [-0.05, 0) is 26.2 Å². The highest BCUT2D eigenvalue weighted by molar-refractivity contribution is 5.91. The van der Waals surface area contributed by atoms with Gasteiger partial charge in [0.1, 0.15) is 5.69 Å². The summed E-state index contributed by atoms with van der Waals surface area (Å²) in [6, 6.07) is 17.8. The molecule has 1 aliphatic rings. The van der Waals surface area contributed by atoms with Gasteiger partial charge in [-0.1, -0.05) is 42.5 Å². The zero-order chi connectivity index (χ0) is 17.4. The molecule has 4 rings (SSSR count). The van der Waals surface area contributed by atoms with Gasteiger partial charge in [-0.25, -0.2) is 0 Å². The number of nitrogens with zero attached hydrogens (tertiary/aromatic N) is 2. The highest BCUT2D eigenvalue weighted by Crippen LogP contribution is 2.40. The van der Waals surface area contributed by atoms with Crippen LogP contribution in [0.25, 0.3) is 10.9 Å². The second-order valence-electron chi connectivity index (χ2n) is 6.53. The zero-order valence-corrected chi connectivity index (χ0v) is 14.4. The number of likely N-dealkylation sites (N-methyl/N-ethyl adjacent to an activating group) is 1. The molecule has 128 valence electrons. The molecule has 5 nitrogen and oxygen atoms in total. The monoisotopic (exact) mass is 335 g/mol. The summed E-state index contributed by atoms with van der Waals surface area (Å²) >= 11 is 0. The Morgan fingerprint density at radius 2 is 1.80 bits per heavy atom. The normalized spacial score (nSPS) is 15.9. The number of rotatable bonds is 4. The maximum atomic E-state index is 13.1. The van der Waals surface area contributed by atoms with Gasteiger partial charge < -0.3 is 19.5 Å². The molecule has 0 spiro atoms. The third-order valence-corrected chi connectivity index (χ3v) is 4.51. The second kappa shape index (κ2) is 6.26. The Bertz CT molecular complexity index is 964. The van der Waals surface area contributed by atoms with Gasteiger partial charge in [-0.2, -0.15) is 0 Å². The molecule has 25 heavy (non-hydrogen) atoms. The van der Waals surface area contributed by atoms with Gasteiger partial charge in [-0.15, -0.1) is 0 Å². The quantitative estimate of drug-likeness (QED) is 0.796. The molecule has 1 aliphatic heterocycles. The Morgan fingerprint density at radius 3 is 2.56 bits per heavy atom. The summed E-state index contributed by atoms with van der Waals surface area (Å²) in [7, 11) is 4.01. The molecule has 3 aromatic rings. The van der Waals surface area contributed by atoms with Crippen LogP contribution in [0.15, 0.2) is 59.4 Å². The molecule has 1 aromatic heterocycles. The molecule has 2 aromatic carbocycles. The van der Waals surface area contributed by atoms with E-state index in [4.69, 9.17) is 4.74 Å². The fraction of sp³-hybridized carbons (Fsp3) is 0.250. The van der Waals surface area contributed by atoms with Crippen LogP contribution in [0.1, 0.15) is 11.8 Å². The maximum absolute atomic E-state index is 13.1. The molecule has 1 N–H and O–H groups in total. The number of fused-ring (bicyclic) bond motifs is 3. The average molecular weight is 335 g/mol. The van der Waals surface area contributed by atoms with E-state index in [2.05, 4.69) is 10.2 Å². The Kier molecular flexibility index (Phi) is 3.93. The third-order valence-electron chi connectivity index (χ3n) is 4.51. The Hall–Kier alpha value is -2.79. The van der Waals surface area contributed by atoms with E-state index in [1.54, 1.807) is 0 Å². The van der Waals surface area contributed by atoms with E-state index in [-0.39, 0.29) is 11.8 Å². The first-order chi connectivity index (χ1) is 12.1. The van der Waals surface area contributed by atoms with E-state index < -0.39 is 0 Å². The summed E-state index contributed by atoms with van der Waals surface area (Å²) in [5.41, 5.74) is 2.42. The molecule has 0 amide bonds. The van der Waals surface area contributed by atoms with E-state index in [1.165, 1.54) is 0 Å². The summed E-state index contributed by atoms with van der Waals surface area (Å²) in [5.74, 6) is 0.649. The van der Waals surface area contributed by atoms with Gasteiger partial charge in [0.25, 0.3) is 5.56 Å². The summed E-state index contributed by atoms with van der Waals surface area (Å²) in [6.45, 7) is 1.43. The predicted octanol–water partition coefficient (Wildman–Crippen LogP) is 3.07. The number of aromatic nitrogens is 1. The molecule has 0 saturated carbocycles. The van der Waals surface area contributed by atoms with Crippen molar-refractivity contribution in [2.24, 2.45) is 0 Å². The standard InChI is InChI=1S/C20H21N3O2/c1-22(2)12-13-23-16-11-7-6-10-15(16)18-17(20(23)24)21-19(25-18)14-8-4-3-5-9-14/h3-11,19,21H,12-13H2,1-2H3. The Balaban J connectivity index is 1.83. The van der Waals surface area contributed by atoms with Crippen LogP contribution in [0.4, 0.5) is 5.69 Å². The van der Waals surface area contributed by atoms with Crippen LogP contribution in [-0.2, 0) is 6.54 Å². The molecule has 0 aliphatic carbocycles. The van der Waals surface area contributed by atoms with Gasteiger partial charge in [0, 0.05) is 24.0 Å². The first kappa shape index (κ1) is 15.7. The van der Waals surface area contributed by atoms with E-state index in [1.807, 2.05) is 73.3 Å². The average Bonchev–Trinajstić information content (AvgIpc) is 3.08. The molecule has 0 radical (unpaired) electrons. The molecular weight excluding hydrogens is 314 g/mol. The van der Waals surface area contributed by atoms with E-state index >= 15 is 0 Å². The zero-order valence-electron chi connectivity index (χ0n) is 14.4. The molecule has 2 heterocycles. The van der Waals surface area contributed by atoms with Crippen molar-refractivity contribution in [3.63, 3.8) is 0 Å². The highest BCUT2D eigenvalue weighted by atomic mass is 16.5. The minimum atomic E-state index is -0.336. The molecule has 0 saturated heterocycles. The van der Waals surface area contributed by atoms with Crippen LogP contribution in [0.5, 0.6) is 5.75 Å². The number of hydrogen-bond acceptors (Lipinski definition) is 4. The molecular formula is C20H21N3O2. The van der Waals surface area contributed by atoms with Gasteiger partial charge in [0.05, 0.1) is 5.52 Å². The minimum Gasteiger partial charge on any atom is -0.463 e. The van der Waals surface area contributed by atoms with Crippen molar-refractivity contribution in [1.29, 1.82) is 0 Å².